The number of carbonyl (C=O) groups excluding carboxylic acids is 1. The fourth-order valence-electron chi connectivity index (χ4n) is 1.94. The molecule has 2 aromatic rings. The summed E-state index contributed by atoms with van der Waals surface area (Å²) in [6.07, 6.45) is 0.171. The Morgan fingerprint density at radius 2 is 1.65 bits per heavy atom. The van der Waals surface area contributed by atoms with Gasteiger partial charge >= 0.3 is 0 Å². The zero-order valence-electron chi connectivity index (χ0n) is 11.5. The van der Waals surface area contributed by atoms with Crippen LogP contribution in [0, 0.1) is 0 Å². The Bertz CT molecular complexity index is 547. The van der Waals surface area contributed by atoms with Gasteiger partial charge < -0.3 is 10.4 Å². The predicted molar refractivity (Wildman–Crippen MR) is 80.5 cm³/mol. The van der Waals surface area contributed by atoms with E-state index in [0.29, 0.717) is 18.5 Å². The van der Waals surface area contributed by atoms with Crippen LogP contribution in [0.15, 0.2) is 54.6 Å². The molecule has 1 unspecified atom stereocenters. The number of hydrogen-bond acceptors (Lipinski definition) is 2. The van der Waals surface area contributed by atoms with E-state index in [4.69, 9.17) is 5.11 Å². The summed E-state index contributed by atoms with van der Waals surface area (Å²) in [7, 11) is 0. The number of aliphatic hydroxyl groups excluding tert-OH is 1. The summed E-state index contributed by atoms with van der Waals surface area (Å²) in [6, 6.07) is 17.6. The number of amides is 1. The second-order valence-corrected chi connectivity index (χ2v) is 4.84. The summed E-state index contributed by atoms with van der Waals surface area (Å²) in [6.45, 7) is 2.19. The van der Waals surface area contributed by atoms with Crippen molar-refractivity contribution in [2.45, 2.75) is 19.4 Å². The van der Waals surface area contributed by atoms with E-state index in [2.05, 4.69) is 5.32 Å². The molecule has 0 fully saturated rings. The Morgan fingerprint density at radius 3 is 2.25 bits per heavy atom. The number of aliphatic hydroxyl groups is 1. The molecule has 2 rings (SSSR count). The van der Waals surface area contributed by atoms with Gasteiger partial charge in [0.25, 0.3) is 5.91 Å². The highest BCUT2D eigenvalue weighted by atomic mass is 16.3. The Balaban J connectivity index is 1.99. The molecule has 0 aliphatic rings. The van der Waals surface area contributed by atoms with E-state index in [1.165, 1.54) is 0 Å². The number of nitrogens with one attached hydrogen (secondary N) is 1. The monoisotopic (exact) mass is 269 g/mol. The maximum absolute atomic E-state index is 11.9. The molecule has 0 saturated heterocycles. The van der Waals surface area contributed by atoms with Crippen molar-refractivity contribution < 1.29 is 9.90 Å². The molecule has 20 heavy (non-hydrogen) atoms. The molecular weight excluding hydrogens is 250 g/mol. The van der Waals surface area contributed by atoms with Gasteiger partial charge in [0.2, 0.25) is 0 Å². The summed E-state index contributed by atoms with van der Waals surface area (Å²) < 4.78 is 0. The van der Waals surface area contributed by atoms with Gasteiger partial charge in [0.15, 0.2) is 0 Å². The smallest absolute Gasteiger partial charge is 0.251 e. The van der Waals surface area contributed by atoms with Crippen LogP contribution in [0.1, 0.15) is 23.7 Å². The van der Waals surface area contributed by atoms with E-state index in [1.54, 1.807) is 6.92 Å². The standard InChI is InChI=1S/C17H19NO2/c1-13(19)11-12-18-17(20)16-9-7-15(8-10-16)14-5-3-2-4-6-14/h2-10,13,19H,11-12H2,1H3,(H,18,20). The largest absolute Gasteiger partial charge is 0.393 e. The minimum Gasteiger partial charge on any atom is -0.393 e. The molecule has 2 N–H and O–H groups in total. The molecule has 0 aliphatic heterocycles. The lowest BCUT2D eigenvalue weighted by Crippen LogP contribution is -2.26. The molecule has 0 spiro atoms. The van der Waals surface area contributed by atoms with Gasteiger partial charge in [-0.2, -0.15) is 0 Å². The Morgan fingerprint density at radius 1 is 1.05 bits per heavy atom. The van der Waals surface area contributed by atoms with Gasteiger partial charge in [0.1, 0.15) is 0 Å². The van der Waals surface area contributed by atoms with Gasteiger partial charge in [-0.05, 0) is 36.6 Å². The van der Waals surface area contributed by atoms with Crippen LogP contribution >= 0.6 is 0 Å². The van der Waals surface area contributed by atoms with E-state index in [1.807, 2.05) is 54.6 Å². The fraction of sp³-hybridized carbons (Fsp3) is 0.235. The summed E-state index contributed by atoms with van der Waals surface area (Å²) in [5.41, 5.74) is 2.86. The second kappa shape index (κ2) is 6.87. The predicted octanol–water partition coefficient (Wildman–Crippen LogP) is 2.85. The van der Waals surface area contributed by atoms with Crippen LogP contribution in [-0.2, 0) is 0 Å². The van der Waals surface area contributed by atoms with Crippen LogP contribution in [-0.4, -0.2) is 23.7 Å². The molecule has 0 radical (unpaired) electrons. The van der Waals surface area contributed by atoms with Gasteiger partial charge in [-0.25, -0.2) is 0 Å². The lowest BCUT2D eigenvalue weighted by atomic mass is 10.0. The Hall–Kier alpha value is -2.13. The first-order valence-electron chi connectivity index (χ1n) is 6.78. The molecule has 1 amide bonds. The molecule has 0 aromatic heterocycles. The van der Waals surface area contributed by atoms with Gasteiger partial charge in [-0.3, -0.25) is 4.79 Å². The van der Waals surface area contributed by atoms with Crippen LogP contribution < -0.4 is 5.32 Å². The molecule has 0 heterocycles. The first kappa shape index (κ1) is 14.3. The van der Waals surface area contributed by atoms with Crippen molar-refractivity contribution in [3.8, 4) is 11.1 Å². The summed E-state index contributed by atoms with van der Waals surface area (Å²) in [5, 5.41) is 11.9. The molecule has 104 valence electrons. The Kier molecular flexibility index (Phi) is 4.91. The lowest BCUT2D eigenvalue weighted by molar-refractivity contribution is 0.0945. The first-order valence-corrected chi connectivity index (χ1v) is 6.78. The van der Waals surface area contributed by atoms with E-state index >= 15 is 0 Å². The normalized spacial score (nSPS) is 11.9. The van der Waals surface area contributed by atoms with Gasteiger partial charge in [-0.15, -0.1) is 0 Å². The zero-order chi connectivity index (χ0) is 14.4. The third-order valence-electron chi connectivity index (χ3n) is 3.10. The molecule has 3 heteroatoms. The maximum atomic E-state index is 11.9. The van der Waals surface area contributed by atoms with Crippen molar-refractivity contribution in [2.24, 2.45) is 0 Å². The van der Waals surface area contributed by atoms with E-state index < -0.39 is 6.10 Å². The molecule has 0 saturated carbocycles. The summed E-state index contributed by atoms with van der Waals surface area (Å²) >= 11 is 0. The van der Waals surface area contributed by atoms with Crippen molar-refractivity contribution in [1.82, 2.24) is 5.32 Å². The molecule has 2 aromatic carbocycles. The van der Waals surface area contributed by atoms with Gasteiger partial charge in [-0.1, -0.05) is 42.5 Å². The van der Waals surface area contributed by atoms with Crippen molar-refractivity contribution in [1.29, 1.82) is 0 Å². The second-order valence-electron chi connectivity index (χ2n) is 4.84. The van der Waals surface area contributed by atoms with Gasteiger partial charge in [0.05, 0.1) is 6.10 Å². The average molecular weight is 269 g/mol. The maximum Gasteiger partial charge on any atom is 0.251 e. The highest BCUT2D eigenvalue weighted by molar-refractivity contribution is 5.94. The molecule has 1 atom stereocenters. The third kappa shape index (κ3) is 3.93. The molecule has 0 bridgehead atoms. The zero-order valence-corrected chi connectivity index (χ0v) is 11.5. The van der Waals surface area contributed by atoms with Crippen LogP contribution in [0.4, 0.5) is 0 Å². The van der Waals surface area contributed by atoms with Crippen molar-refractivity contribution >= 4 is 5.91 Å². The number of rotatable bonds is 5. The lowest BCUT2D eigenvalue weighted by Gasteiger charge is -2.07. The Labute approximate surface area is 119 Å². The first-order chi connectivity index (χ1) is 9.66. The van der Waals surface area contributed by atoms with Crippen molar-refractivity contribution in [2.75, 3.05) is 6.54 Å². The van der Waals surface area contributed by atoms with Crippen LogP contribution in [0.3, 0.4) is 0 Å². The van der Waals surface area contributed by atoms with Crippen molar-refractivity contribution in [3.05, 3.63) is 60.2 Å². The SMILES string of the molecule is CC(O)CCNC(=O)c1ccc(-c2ccccc2)cc1. The third-order valence-corrected chi connectivity index (χ3v) is 3.10. The number of carbonyl (C=O) groups is 1. The van der Waals surface area contributed by atoms with Gasteiger partial charge in [0, 0.05) is 12.1 Å². The highest BCUT2D eigenvalue weighted by Gasteiger charge is 2.06. The topological polar surface area (TPSA) is 49.3 Å². The van der Waals surface area contributed by atoms with Crippen LogP contribution in [0.2, 0.25) is 0 Å². The number of hydrogen-bond donors (Lipinski definition) is 2. The van der Waals surface area contributed by atoms with E-state index in [-0.39, 0.29) is 5.91 Å². The van der Waals surface area contributed by atoms with Crippen LogP contribution in [0.25, 0.3) is 11.1 Å². The molecule has 0 aliphatic carbocycles. The number of benzene rings is 2. The minimum absolute atomic E-state index is 0.106. The van der Waals surface area contributed by atoms with E-state index in [9.17, 15) is 4.79 Å². The minimum atomic E-state index is -0.393. The summed E-state index contributed by atoms with van der Waals surface area (Å²) in [5.74, 6) is -0.106. The molecular formula is C17H19NO2. The summed E-state index contributed by atoms with van der Waals surface area (Å²) in [4.78, 5) is 11.9. The average Bonchev–Trinajstić information content (AvgIpc) is 2.48. The van der Waals surface area contributed by atoms with Crippen LogP contribution in [0.5, 0.6) is 0 Å². The van der Waals surface area contributed by atoms with E-state index in [0.717, 1.165) is 11.1 Å². The molecule has 3 nitrogen and oxygen atoms in total. The highest BCUT2D eigenvalue weighted by Crippen LogP contribution is 2.19. The van der Waals surface area contributed by atoms with Crippen molar-refractivity contribution in [3.63, 3.8) is 0 Å². The fourth-order valence-corrected chi connectivity index (χ4v) is 1.94. The quantitative estimate of drug-likeness (QED) is 0.877.